The predicted molar refractivity (Wildman–Crippen MR) is 64.1 cm³/mol. The highest BCUT2D eigenvalue weighted by Crippen LogP contribution is 2.24. The highest BCUT2D eigenvalue weighted by atomic mass is 32.1. The molecule has 0 saturated carbocycles. The Labute approximate surface area is 98.8 Å². The second-order valence-electron chi connectivity index (χ2n) is 3.40. The maximum Gasteiger partial charge on any atom is 0.133 e. The number of hydrogen-bond donors (Lipinski definition) is 1. The standard InChI is InChI=1S/C11H15N3OS/c1-3-15-13-10(9-5-4-8-16-9)11-12-6-7-14(11)2/h4-8,10,13H,3H2,1-2H3. The summed E-state index contributed by atoms with van der Waals surface area (Å²) in [6.07, 6.45) is 3.73. The van der Waals surface area contributed by atoms with Crippen LogP contribution in [0.3, 0.4) is 0 Å². The summed E-state index contributed by atoms with van der Waals surface area (Å²) < 4.78 is 2.00. The van der Waals surface area contributed by atoms with Crippen LogP contribution in [0.2, 0.25) is 0 Å². The van der Waals surface area contributed by atoms with Gasteiger partial charge in [0.25, 0.3) is 0 Å². The van der Waals surface area contributed by atoms with Crippen molar-refractivity contribution in [2.24, 2.45) is 7.05 Å². The molecule has 0 bridgehead atoms. The molecule has 0 aliphatic rings. The molecular weight excluding hydrogens is 222 g/mol. The molecule has 0 amide bonds. The molecule has 2 heterocycles. The minimum atomic E-state index is -0.0000463. The number of aryl methyl sites for hydroxylation is 1. The van der Waals surface area contributed by atoms with Crippen LogP contribution in [-0.2, 0) is 11.9 Å². The predicted octanol–water partition coefficient (Wildman–Crippen LogP) is 2.11. The third-order valence-electron chi connectivity index (χ3n) is 2.29. The van der Waals surface area contributed by atoms with E-state index in [1.807, 2.05) is 30.8 Å². The van der Waals surface area contributed by atoms with Crippen molar-refractivity contribution < 1.29 is 4.84 Å². The van der Waals surface area contributed by atoms with E-state index in [9.17, 15) is 0 Å². The van der Waals surface area contributed by atoms with Crippen molar-refractivity contribution in [2.75, 3.05) is 6.61 Å². The summed E-state index contributed by atoms with van der Waals surface area (Å²) in [4.78, 5) is 10.9. The number of rotatable bonds is 5. The van der Waals surface area contributed by atoms with Crippen LogP contribution in [-0.4, -0.2) is 16.2 Å². The lowest BCUT2D eigenvalue weighted by molar-refractivity contribution is 0.0318. The van der Waals surface area contributed by atoms with Gasteiger partial charge < -0.3 is 9.40 Å². The van der Waals surface area contributed by atoms with Gasteiger partial charge >= 0.3 is 0 Å². The van der Waals surface area contributed by atoms with E-state index < -0.39 is 0 Å². The fourth-order valence-corrected chi connectivity index (χ4v) is 2.28. The van der Waals surface area contributed by atoms with Crippen LogP contribution in [0.1, 0.15) is 23.7 Å². The normalized spacial score (nSPS) is 12.9. The van der Waals surface area contributed by atoms with E-state index in [2.05, 4.69) is 21.9 Å². The molecule has 0 aliphatic carbocycles. The number of thiophene rings is 1. The second-order valence-corrected chi connectivity index (χ2v) is 4.37. The number of nitrogens with zero attached hydrogens (tertiary/aromatic N) is 2. The second kappa shape index (κ2) is 5.25. The largest absolute Gasteiger partial charge is 0.336 e. The summed E-state index contributed by atoms with van der Waals surface area (Å²) in [6.45, 7) is 2.59. The van der Waals surface area contributed by atoms with E-state index >= 15 is 0 Å². The van der Waals surface area contributed by atoms with Gasteiger partial charge in [-0.25, -0.2) is 4.98 Å². The number of nitrogens with one attached hydrogen (secondary N) is 1. The first-order valence-corrected chi connectivity index (χ1v) is 6.08. The van der Waals surface area contributed by atoms with E-state index in [0.717, 1.165) is 5.82 Å². The first-order chi connectivity index (χ1) is 7.83. The van der Waals surface area contributed by atoms with Gasteiger partial charge in [0, 0.05) is 24.3 Å². The first kappa shape index (κ1) is 11.3. The Kier molecular flexibility index (Phi) is 3.71. The fourth-order valence-electron chi connectivity index (χ4n) is 1.52. The molecule has 16 heavy (non-hydrogen) atoms. The van der Waals surface area contributed by atoms with Gasteiger partial charge in [-0.3, -0.25) is 0 Å². The highest BCUT2D eigenvalue weighted by molar-refractivity contribution is 7.10. The topological polar surface area (TPSA) is 39.1 Å². The average Bonchev–Trinajstić information content (AvgIpc) is 2.91. The van der Waals surface area contributed by atoms with Crippen molar-refractivity contribution in [3.63, 3.8) is 0 Å². The molecule has 0 saturated heterocycles. The molecule has 1 unspecified atom stereocenters. The van der Waals surface area contributed by atoms with Crippen LogP contribution < -0.4 is 5.48 Å². The molecule has 4 nitrogen and oxygen atoms in total. The third-order valence-corrected chi connectivity index (χ3v) is 3.23. The van der Waals surface area contributed by atoms with Gasteiger partial charge in [0.15, 0.2) is 0 Å². The Morgan fingerprint density at radius 3 is 3.06 bits per heavy atom. The van der Waals surface area contributed by atoms with Crippen molar-refractivity contribution in [1.29, 1.82) is 0 Å². The van der Waals surface area contributed by atoms with Crippen LogP contribution >= 0.6 is 11.3 Å². The fraction of sp³-hybridized carbons (Fsp3) is 0.364. The van der Waals surface area contributed by atoms with Gasteiger partial charge in [0.1, 0.15) is 11.9 Å². The van der Waals surface area contributed by atoms with Crippen molar-refractivity contribution >= 4 is 11.3 Å². The number of hydrogen-bond acceptors (Lipinski definition) is 4. The summed E-state index contributed by atoms with van der Waals surface area (Å²) in [6, 6.07) is 4.11. The number of aromatic nitrogens is 2. The molecule has 1 atom stereocenters. The smallest absolute Gasteiger partial charge is 0.133 e. The molecule has 0 fully saturated rings. The Morgan fingerprint density at radius 1 is 1.62 bits per heavy atom. The molecule has 0 aromatic carbocycles. The molecule has 0 radical (unpaired) electrons. The summed E-state index contributed by atoms with van der Waals surface area (Å²) >= 11 is 1.69. The van der Waals surface area contributed by atoms with Gasteiger partial charge in [-0.15, -0.1) is 11.3 Å². The van der Waals surface area contributed by atoms with Crippen LogP contribution in [0.5, 0.6) is 0 Å². The Morgan fingerprint density at radius 2 is 2.50 bits per heavy atom. The Balaban J connectivity index is 2.25. The maximum absolute atomic E-state index is 5.30. The zero-order valence-corrected chi connectivity index (χ0v) is 10.2. The molecule has 0 spiro atoms. The number of imidazole rings is 1. The summed E-state index contributed by atoms with van der Waals surface area (Å²) in [5.41, 5.74) is 3.04. The number of hydroxylamine groups is 1. The first-order valence-electron chi connectivity index (χ1n) is 5.21. The average molecular weight is 237 g/mol. The van der Waals surface area contributed by atoms with E-state index in [-0.39, 0.29) is 6.04 Å². The lowest BCUT2D eigenvalue weighted by Crippen LogP contribution is -2.24. The van der Waals surface area contributed by atoms with E-state index in [0.29, 0.717) is 6.61 Å². The zero-order chi connectivity index (χ0) is 11.4. The minimum Gasteiger partial charge on any atom is -0.336 e. The Bertz CT molecular complexity index is 424. The van der Waals surface area contributed by atoms with Gasteiger partial charge in [0.05, 0.1) is 6.61 Å². The van der Waals surface area contributed by atoms with Crippen LogP contribution in [0.15, 0.2) is 29.9 Å². The van der Waals surface area contributed by atoms with Gasteiger partial charge in [-0.1, -0.05) is 6.07 Å². The van der Waals surface area contributed by atoms with Crippen LogP contribution in [0, 0.1) is 0 Å². The lowest BCUT2D eigenvalue weighted by Gasteiger charge is -2.16. The molecule has 1 N–H and O–H groups in total. The van der Waals surface area contributed by atoms with Crippen molar-refractivity contribution in [3.05, 3.63) is 40.6 Å². The molecule has 86 valence electrons. The van der Waals surface area contributed by atoms with Gasteiger partial charge in [0.2, 0.25) is 0 Å². The Hall–Kier alpha value is -1.17. The van der Waals surface area contributed by atoms with Crippen LogP contribution in [0.4, 0.5) is 0 Å². The van der Waals surface area contributed by atoms with E-state index in [4.69, 9.17) is 4.84 Å². The lowest BCUT2D eigenvalue weighted by atomic mass is 10.2. The van der Waals surface area contributed by atoms with Crippen molar-refractivity contribution in [2.45, 2.75) is 13.0 Å². The molecule has 2 aromatic rings. The summed E-state index contributed by atoms with van der Waals surface area (Å²) in [5.74, 6) is 0.955. The quantitative estimate of drug-likeness (QED) is 0.810. The van der Waals surface area contributed by atoms with Crippen molar-refractivity contribution in [1.82, 2.24) is 15.0 Å². The molecule has 5 heteroatoms. The SMILES string of the molecule is CCONC(c1cccs1)c1nccn1C. The molecule has 0 aliphatic heterocycles. The molecular formula is C11H15N3OS. The molecule has 2 aromatic heterocycles. The van der Waals surface area contributed by atoms with Gasteiger partial charge in [-0.05, 0) is 18.4 Å². The van der Waals surface area contributed by atoms with E-state index in [1.54, 1.807) is 17.5 Å². The minimum absolute atomic E-state index is 0.0000463. The van der Waals surface area contributed by atoms with Crippen molar-refractivity contribution in [3.8, 4) is 0 Å². The molecule has 2 rings (SSSR count). The summed E-state index contributed by atoms with van der Waals surface area (Å²) in [5, 5.41) is 2.05. The van der Waals surface area contributed by atoms with Gasteiger partial charge in [-0.2, -0.15) is 5.48 Å². The highest BCUT2D eigenvalue weighted by Gasteiger charge is 2.18. The maximum atomic E-state index is 5.30. The van der Waals surface area contributed by atoms with E-state index in [1.165, 1.54) is 4.88 Å². The zero-order valence-electron chi connectivity index (χ0n) is 9.38. The van der Waals surface area contributed by atoms with Crippen LogP contribution in [0.25, 0.3) is 0 Å². The monoisotopic (exact) mass is 237 g/mol. The third kappa shape index (κ3) is 2.32. The summed E-state index contributed by atoms with van der Waals surface area (Å²) in [7, 11) is 1.98.